The van der Waals surface area contributed by atoms with E-state index in [4.69, 9.17) is 0 Å². The minimum absolute atomic E-state index is 0.0973. The van der Waals surface area contributed by atoms with Crippen LogP contribution in [-0.2, 0) is 9.59 Å². The van der Waals surface area contributed by atoms with Gasteiger partial charge in [-0.25, -0.2) is 0 Å². The number of hydrogen-bond acceptors (Lipinski definition) is 5. The molecule has 3 N–H and O–H groups in total. The molecule has 1 atom stereocenters. The normalized spacial score (nSPS) is 17.9. The number of anilines is 1. The van der Waals surface area contributed by atoms with Gasteiger partial charge in [0.05, 0.1) is 6.42 Å². The molecule has 120 valence electrons. The predicted molar refractivity (Wildman–Crippen MR) is 81.8 cm³/mol. The Bertz CT molecular complexity index is 524. The van der Waals surface area contributed by atoms with E-state index in [1.54, 1.807) is 12.1 Å². The minimum atomic E-state index is -0.981. The van der Waals surface area contributed by atoms with Crippen LogP contribution in [0.15, 0.2) is 24.3 Å². The number of benzene rings is 1. The van der Waals surface area contributed by atoms with Crippen LogP contribution < -0.4 is 5.32 Å². The van der Waals surface area contributed by atoms with Gasteiger partial charge < -0.3 is 20.4 Å². The Morgan fingerprint density at radius 2 is 1.77 bits per heavy atom. The number of carboxylic acids is 1. The lowest BCUT2D eigenvalue weighted by Gasteiger charge is -2.35. The predicted octanol–water partition coefficient (Wildman–Crippen LogP) is 0.421. The number of carboxylic acid groups (broad SMARTS) is 1. The van der Waals surface area contributed by atoms with Gasteiger partial charge in [0.25, 0.3) is 0 Å². The van der Waals surface area contributed by atoms with Crippen LogP contribution in [0.25, 0.3) is 0 Å². The molecule has 1 aromatic carbocycles. The van der Waals surface area contributed by atoms with Crippen molar-refractivity contribution in [1.82, 2.24) is 9.80 Å². The summed E-state index contributed by atoms with van der Waals surface area (Å²) in [5.74, 6) is -1.22. The molecule has 0 aromatic heterocycles. The summed E-state index contributed by atoms with van der Waals surface area (Å²) in [5.41, 5.74) is 0.533. The van der Waals surface area contributed by atoms with Crippen molar-refractivity contribution in [3.05, 3.63) is 24.3 Å². The van der Waals surface area contributed by atoms with E-state index >= 15 is 0 Å². The molecule has 2 rings (SSSR count). The molecule has 1 amide bonds. The van der Waals surface area contributed by atoms with Crippen molar-refractivity contribution in [3.63, 3.8) is 0 Å². The Hall–Kier alpha value is -2.12. The highest BCUT2D eigenvalue weighted by atomic mass is 16.4. The molecule has 0 spiro atoms. The third-order valence-electron chi connectivity index (χ3n) is 3.79. The summed E-state index contributed by atoms with van der Waals surface area (Å²) >= 11 is 0. The number of phenols is 1. The summed E-state index contributed by atoms with van der Waals surface area (Å²) in [4.78, 5) is 27.5. The van der Waals surface area contributed by atoms with E-state index in [-0.39, 0.29) is 18.1 Å². The largest absolute Gasteiger partial charge is 0.508 e. The van der Waals surface area contributed by atoms with Crippen molar-refractivity contribution >= 4 is 17.6 Å². The Morgan fingerprint density at radius 3 is 2.32 bits per heavy atom. The molecule has 0 radical (unpaired) electrons. The molecule has 1 aromatic rings. The second-order valence-corrected chi connectivity index (χ2v) is 5.49. The number of piperazine rings is 1. The highest BCUT2D eigenvalue weighted by molar-refractivity contribution is 5.94. The van der Waals surface area contributed by atoms with Gasteiger partial charge in [-0.3, -0.25) is 14.5 Å². The van der Waals surface area contributed by atoms with Crippen LogP contribution in [0.2, 0.25) is 0 Å². The fourth-order valence-corrected chi connectivity index (χ4v) is 2.44. The zero-order valence-corrected chi connectivity index (χ0v) is 12.5. The highest BCUT2D eigenvalue weighted by Crippen LogP contribution is 2.15. The molecule has 0 saturated carbocycles. The number of likely N-dealkylation sites (N-methyl/N-ethyl adjacent to an activating group) is 1. The van der Waals surface area contributed by atoms with Crippen LogP contribution in [0.4, 0.5) is 5.69 Å². The summed E-state index contributed by atoms with van der Waals surface area (Å²) in [6.07, 6.45) is -0.0973. The number of nitrogens with zero attached hydrogens (tertiary/aromatic N) is 2. The first-order valence-electron chi connectivity index (χ1n) is 7.20. The van der Waals surface area contributed by atoms with Crippen LogP contribution in [-0.4, -0.2) is 71.2 Å². The molecule has 1 aliphatic heterocycles. The molecule has 7 nitrogen and oxygen atoms in total. The third kappa shape index (κ3) is 4.44. The number of carbonyl (C=O) groups is 2. The molecule has 1 heterocycles. The van der Waals surface area contributed by atoms with Crippen molar-refractivity contribution in [3.8, 4) is 5.75 Å². The van der Waals surface area contributed by atoms with E-state index in [0.29, 0.717) is 18.8 Å². The first-order valence-corrected chi connectivity index (χ1v) is 7.20. The van der Waals surface area contributed by atoms with Crippen LogP contribution >= 0.6 is 0 Å². The summed E-state index contributed by atoms with van der Waals surface area (Å²) < 4.78 is 0. The van der Waals surface area contributed by atoms with Gasteiger partial charge in [-0.2, -0.15) is 0 Å². The van der Waals surface area contributed by atoms with Gasteiger partial charge in [-0.15, -0.1) is 0 Å². The number of aromatic hydroxyl groups is 1. The zero-order chi connectivity index (χ0) is 16.1. The molecule has 1 fully saturated rings. The van der Waals surface area contributed by atoms with Gasteiger partial charge in [0.15, 0.2) is 0 Å². The van der Waals surface area contributed by atoms with Gasteiger partial charge in [0, 0.05) is 31.9 Å². The summed E-state index contributed by atoms with van der Waals surface area (Å²) in [6.45, 7) is 2.87. The van der Waals surface area contributed by atoms with Gasteiger partial charge >= 0.3 is 5.97 Å². The quantitative estimate of drug-likeness (QED) is 0.683. The maximum atomic E-state index is 12.0. The summed E-state index contributed by atoms with van der Waals surface area (Å²) in [5, 5.41) is 21.2. The van der Waals surface area contributed by atoms with E-state index in [1.807, 2.05) is 11.9 Å². The van der Waals surface area contributed by atoms with Crippen molar-refractivity contribution < 1.29 is 19.8 Å². The fraction of sp³-hybridized carbons (Fsp3) is 0.467. The smallest absolute Gasteiger partial charge is 0.321 e. The monoisotopic (exact) mass is 307 g/mol. The van der Waals surface area contributed by atoms with Gasteiger partial charge in [0.1, 0.15) is 11.8 Å². The first-order chi connectivity index (χ1) is 10.5. The Morgan fingerprint density at radius 1 is 1.18 bits per heavy atom. The highest BCUT2D eigenvalue weighted by Gasteiger charge is 2.30. The standard InChI is InChI=1S/C15H21N3O4/c1-17-6-8-18(9-7-17)13(15(21)22)10-14(20)16-11-2-4-12(19)5-3-11/h2-5,13,19H,6-10H2,1H3,(H,16,20)(H,21,22). The number of nitrogens with one attached hydrogen (secondary N) is 1. The van der Waals surface area contributed by atoms with Gasteiger partial charge in [-0.05, 0) is 31.3 Å². The molecular weight excluding hydrogens is 286 g/mol. The fourth-order valence-electron chi connectivity index (χ4n) is 2.44. The van der Waals surface area contributed by atoms with Crippen molar-refractivity contribution in [2.75, 3.05) is 38.5 Å². The Kier molecular flexibility index (Phi) is 5.35. The van der Waals surface area contributed by atoms with Crippen molar-refractivity contribution in [1.29, 1.82) is 0 Å². The van der Waals surface area contributed by atoms with E-state index in [2.05, 4.69) is 10.2 Å². The number of amides is 1. The first kappa shape index (κ1) is 16.3. The van der Waals surface area contributed by atoms with E-state index in [1.165, 1.54) is 12.1 Å². The number of carbonyl (C=O) groups excluding carboxylic acids is 1. The lowest BCUT2D eigenvalue weighted by atomic mass is 10.1. The Balaban J connectivity index is 1.94. The molecule has 1 aliphatic rings. The van der Waals surface area contributed by atoms with Crippen molar-refractivity contribution in [2.45, 2.75) is 12.5 Å². The zero-order valence-electron chi connectivity index (χ0n) is 12.5. The summed E-state index contributed by atoms with van der Waals surface area (Å²) in [6, 6.07) is 5.25. The average Bonchev–Trinajstić information content (AvgIpc) is 2.48. The number of hydrogen-bond donors (Lipinski definition) is 3. The molecule has 0 aliphatic carbocycles. The van der Waals surface area contributed by atoms with Gasteiger partial charge in [-0.1, -0.05) is 0 Å². The Labute approximate surface area is 129 Å². The molecular formula is C15H21N3O4. The maximum Gasteiger partial charge on any atom is 0.321 e. The SMILES string of the molecule is CN1CCN(C(CC(=O)Nc2ccc(O)cc2)C(=O)O)CC1. The average molecular weight is 307 g/mol. The van der Waals surface area contributed by atoms with E-state index in [0.717, 1.165) is 13.1 Å². The molecule has 1 unspecified atom stereocenters. The number of aliphatic carboxylic acids is 1. The molecule has 22 heavy (non-hydrogen) atoms. The summed E-state index contributed by atoms with van der Waals surface area (Å²) in [7, 11) is 1.99. The second-order valence-electron chi connectivity index (χ2n) is 5.49. The van der Waals surface area contributed by atoms with Crippen LogP contribution in [0, 0.1) is 0 Å². The number of phenolic OH excluding ortho intramolecular Hbond substituents is 1. The van der Waals surface area contributed by atoms with Crippen LogP contribution in [0.3, 0.4) is 0 Å². The lowest BCUT2D eigenvalue weighted by molar-refractivity contribution is -0.145. The van der Waals surface area contributed by atoms with E-state index in [9.17, 15) is 19.8 Å². The van der Waals surface area contributed by atoms with E-state index < -0.39 is 12.0 Å². The topological polar surface area (TPSA) is 93.1 Å². The molecule has 0 bridgehead atoms. The van der Waals surface area contributed by atoms with Crippen LogP contribution in [0.5, 0.6) is 5.75 Å². The number of rotatable bonds is 5. The lowest BCUT2D eigenvalue weighted by Crippen LogP contribution is -2.52. The van der Waals surface area contributed by atoms with Gasteiger partial charge in [0.2, 0.25) is 5.91 Å². The van der Waals surface area contributed by atoms with Crippen LogP contribution in [0.1, 0.15) is 6.42 Å². The third-order valence-corrected chi connectivity index (χ3v) is 3.79. The second kappa shape index (κ2) is 7.24. The maximum absolute atomic E-state index is 12.0. The van der Waals surface area contributed by atoms with Crippen molar-refractivity contribution in [2.24, 2.45) is 0 Å². The molecule has 7 heteroatoms. The minimum Gasteiger partial charge on any atom is -0.508 e. The molecule has 1 saturated heterocycles.